The van der Waals surface area contributed by atoms with Gasteiger partial charge in [0.25, 0.3) is 0 Å². The van der Waals surface area contributed by atoms with Crippen molar-refractivity contribution in [3.63, 3.8) is 0 Å². The zero-order valence-electron chi connectivity index (χ0n) is 53.0. The monoisotopic (exact) mass is 1120 g/mol. The van der Waals surface area contributed by atoms with E-state index in [2.05, 4.69) is 107 Å². The highest BCUT2D eigenvalue weighted by molar-refractivity contribution is 5.90. The van der Waals surface area contributed by atoms with Gasteiger partial charge in [0, 0.05) is 6.61 Å². The van der Waals surface area contributed by atoms with Crippen LogP contribution in [0, 0.1) is 23.7 Å². The molecule has 10 rings (SSSR count). The van der Waals surface area contributed by atoms with Crippen molar-refractivity contribution in [3.05, 3.63) is 160 Å². The molecule has 5 aromatic rings. The van der Waals surface area contributed by atoms with Crippen LogP contribution in [0.4, 0.5) is 0 Å². The van der Waals surface area contributed by atoms with Gasteiger partial charge in [0.2, 0.25) is 0 Å². The number of ether oxygens (including phenoxy) is 4. The first-order chi connectivity index (χ1) is 39.2. The number of phenolic OH excluding ortho intramolecular Hbond substituents is 2. The lowest BCUT2D eigenvalue weighted by Gasteiger charge is -2.59. The number of rotatable bonds is 18. The topological polar surface area (TPSA) is 112 Å². The van der Waals surface area contributed by atoms with Crippen molar-refractivity contribution in [1.82, 2.24) is 0 Å². The van der Waals surface area contributed by atoms with Crippen LogP contribution in [-0.2, 0) is 14.2 Å². The molecule has 5 aliphatic carbocycles. The molecule has 8 nitrogen and oxygen atoms in total. The highest BCUT2D eigenvalue weighted by Gasteiger charge is 2.57. The molecule has 8 heteroatoms. The summed E-state index contributed by atoms with van der Waals surface area (Å²) >= 11 is 0. The van der Waals surface area contributed by atoms with Gasteiger partial charge in [-0.2, -0.15) is 0 Å². The molecular weight excluding hydrogens is 1020 g/mol. The molecule has 0 spiro atoms. The lowest BCUT2D eigenvalue weighted by molar-refractivity contribution is -0.165. The molecule has 82 heavy (non-hydrogen) atoms. The molecule has 6 atom stereocenters. The van der Waals surface area contributed by atoms with Crippen LogP contribution in [-0.4, -0.2) is 46.3 Å². The van der Waals surface area contributed by atoms with Crippen LogP contribution >= 0.6 is 0 Å². The van der Waals surface area contributed by atoms with E-state index in [9.17, 15) is 9.59 Å². The molecule has 5 fully saturated rings. The van der Waals surface area contributed by atoms with E-state index in [1.54, 1.807) is 24.3 Å². The number of carbonyl (C=O) groups is 2. The highest BCUT2D eigenvalue weighted by Crippen LogP contribution is 2.59. The van der Waals surface area contributed by atoms with Crippen LogP contribution in [0.5, 0.6) is 17.2 Å². The molecule has 6 unspecified atom stereocenters. The predicted molar refractivity (Wildman–Crippen MR) is 339 cm³/mol. The Bertz CT molecular complexity index is 2520. The maximum atomic E-state index is 12.8. The molecule has 0 amide bonds. The van der Waals surface area contributed by atoms with Crippen molar-refractivity contribution in [3.8, 4) is 17.2 Å². The molecule has 0 heterocycles. The fourth-order valence-electron chi connectivity index (χ4n) is 12.2. The van der Waals surface area contributed by atoms with Gasteiger partial charge in [-0.05, 0) is 259 Å². The summed E-state index contributed by atoms with van der Waals surface area (Å²) in [6.07, 6.45) is 17.6. The molecule has 4 bridgehead atoms. The summed E-state index contributed by atoms with van der Waals surface area (Å²) in [6.45, 7) is 30.8. The molecule has 5 saturated carbocycles. The second kappa shape index (κ2) is 33.0. The van der Waals surface area contributed by atoms with Crippen molar-refractivity contribution in [2.75, 3.05) is 6.61 Å². The number of esters is 2. The average Bonchev–Trinajstić information content (AvgIpc) is 2.29. The van der Waals surface area contributed by atoms with E-state index in [4.69, 9.17) is 29.2 Å². The Labute approximate surface area is 496 Å². The average molecular weight is 1120 g/mol. The summed E-state index contributed by atoms with van der Waals surface area (Å²) in [6, 6.07) is 39.1. The van der Waals surface area contributed by atoms with Crippen molar-refractivity contribution in [2.24, 2.45) is 23.7 Å². The third-order valence-electron chi connectivity index (χ3n) is 18.9. The summed E-state index contributed by atoms with van der Waals surface area (Å²) in [4.78, 5) is 25.0. The molecule has 5 aliphatic rings. The number of benzene rings is 5. The number of aromatic hydroxyl groups is 2. The van der Waals surface area contributed by atoms with Crippen LogP contribution in [0.2, 0.25) is 0 Å². The summed E-state index contributed by atoms with van der Waals surface area (Å²) in [5, 5.41) is 18.0. The predicted octanol–water partition coefficient (Wildman–Crippen LogP) is 20.4. The second-order valence-electron chi connectivity index (χ2n) is 25.0. The van der Waals surface area contributed by atoms with Crippen LogP contribution in [0.25, 0.3) is 0 Å². The molecule has 5 aromatic carbocycles. The molecule has 0 saturated heterocycles. The zero-order valence-corrected chi connectivity index (χ0v) is 53.0. The minimum Gasteiger partial charge on any atom is -0.508 e. The Balaban J connectivity index is 0.000000194. The Morgan fingerprint density at radius 1 is 0.451 bits per heavy atom. The maximum absolute atomic E-state index is 12.8. The zero-order chi connectivity index (χ0) is 60.0. The van der Waals surface area contributed by atoms with Crippen LogP contribution in [0.3, 0.4) is 0 Å². The van der Waals surface area contributed by atoms with E-state index < -0.39 is 0 Å². The molecule has 0 aromatic heterocycles. The summed E-state index contributed by atoms with van der Waals surface area (Å²) < 4.78 is 22.9. The number of hydrogen-bond acceptors (Lipinski definition) is 8. The summed E-state index contributed by atoms with van der Waals surface area (Å²) in [7, 11) is 0. The second-order valence-corrected chi connectivity index (χ2v) is 25.0. The van der Waals surface area contributed by atoms with Crippen molar-refractivity contribution >= 4 is 11.9 Å². The smallest absolute Gasteiger partial charge is 0.338 e. The van der Waals surface area contributed by atoms with Gasteiger partial charge in [-0.3, -0.25) is 0 Å². The minimum atomic E-state index is -0.259. The van der Waals surface area contributed by atoms with Crippen LogP contribution in [0.15, 0.2) is 121 Å². The molecule has 0 radical (unpaired) electrons. The third kappa shape index (κ3) is 20.0. The lowest BCUT2D eigenvalue weighted by atomic mass is 9.50. The first-order valence-electron chi connectivity index (χ1n) is 31.8. The van der Waals surface area contributed by atoms with Gasteiger partial charge in [0.05, 0.1) is 11.1 Å². The minimum absolute atomic E-state index is 0.124. The maximum Gasteiger partial charge on any atom is 0.338 e. The Kier molecular flexibility index (Phi) is 27.1. The quantitative estimate of drug-likeness (QED) is 0.0659. The van der Waals surface area contributed by atoms with E-state index >= 15 is 0 Å². The molecule has 450 valence electrons. The van der Waals surface area contributed by atoms with Gasteiger partial charge in [-0.25, -0.2) is 9.59 Å². The Morgan fingerprint density at radius 2 is 0.768 bits per heavy atom. The normalized spacial score (nSPS) is 22.2. The van der Waals surface area contributed by atoms with Gasteiger partial charge in [-0.15, -0.1) is 0 Å². The Hall–Kier alpha value is -5.60. The summed E-state index contributed by atoms with van der Waals surface area (Å²) in [5.74, 6) is 7.09. The van der Waals surface area contributed by atoms with Gasteiger partial charge >= 0.3 is 11.9 Å². The highest BCUT2D eigenvalue weighted by atomic mass is 16.7. The summed E-state index contributed by atoms with van der Waals surface area (Å²) in [5.41, 5.74) is 7.42. The fraction of sp³-hybridized carbons (Fsp3) is 0.568. The van der Waals surface area contributed by atoms with Crippen molar-refractivity contribution < 1.29 is 38.7 Å². The first kappa shape index (κ1) is 67.2. The Morgan fingerprint density at radius 3 is 1.10 bits per heavy atom. The van der Waals surface area contributed by atoms with Gasteiger partial charge in [0.1, 0.15) is 28.5 Å². The molecule has 2 N–H and O–H groups in total. The van der Waals surface area contributed by atoms with E-state index in [0.717, 1.165) is 75.4 Å². The van der Waals surface area contributed by atoms with Gasteiger partial charge in [0.15, 0.2) is 6.29 Å². The number of phenols is 2. The van der Waals surface area contributed by atoms with Crippen molar-refractivity contribution in [1.29, 1.82) is 0 Å². The van der Waals surface area contributed by atoms with E-state index in [0.29, 0.717) is 70.7 Å². The van der Waals surface area contributed by atoms with Crippen LogP contribution < -0.4 is 4.74 Å². The SMILES string of the molecule is CCC(C)c1ccc(C(=O)OC2(C)C3CC4CC(C3)CC2C4)cc1.CCC(C)c1ccc(C(=O)OC2(C)CCCCC2)cc1.CCC(C)c1ccc(O)cc1.CCC(C)c1ccc(O)cc1.CCOC(C)Oc1ccc(C(C)CC)cc1. The van der Waals surface area contributed by atoms with E-state index in [1.165, 1.54) is 66.3 Å². The van der Waals surface area contributed by atoms with Crippen LogP contribution in [0.1, 0.15) is 271 Å². The number of carbonyl (C=O) groups excluding carboxylic acids is 2. The van der Waals surface area contributed by atoms with Crippen molar-refractivity contribution in [2.45, 2.75) is 240 Å². The van der Waals surface area contributed by atoms with E-state index in [-0.39, 0.29) is 29.4 Å². The van der Waals surface area contributed by atoms with Gasteiger partial charge < -0.3 is 29.2 Å². The largest absolute Gasteiger partial charge is 0.508 e. The standard InChI is InChI=1S/C22H30O2.C18H26O2.C14H22O2.2C10H14O/c1-4-14(2)17-5-7-18(8-6-17)21(23)24-22(3)19-10-15-9-16(12-19)13-20(22)11-15;1-4-14(2)15-8-10-16(11-9-15)17(19)20-18(3)12-6-5-7-13-18;1-5-11(3)13-7-9-14(10-8-13)16-12(4)15-6-2;2*1-3-8(2)9-4-6-10(11)7-5-9/h5-8,14-16,19-20H,4,9-13H2,1-3H3;8-11,14H,4-7,12-13H2,1-3H3;7-12H,5-6H2,1-4H3;2*4-8,11H,3H2,1-2H3. The number of hydrogen-bond donors (Lipinski definition) is 2. The third-order valence-corrected chi connectivity index (χ3v) is 18.9. The first-order valence-corrected chi connectivity index (χ1v) is 31.8. The van der Waals surface area contributed by atoms with E-state index in [1.807, 2.05) is 86.6 Å². The van der Waals surface area contributed by atoms with Gasteiger partial charge in [-0.1, -0.05) is 136 Å². The fourth-order valence-corrected chi connectivity index (χ4v) is 12.2. The molecular formula is C74H106O8. The molecule has 0 aliphatic heterocycles. The lowest BCUT2D eigenvalue weighted by Crippen LogP contribution is -2.58.